The number of pyridine rings is 1. The van der Waals surface area contributed by atoms with Gasteiger partial charge in [-0.1, -0.05) is 23.2 Å². The summed E-state index contributed by atoms with van der Waals surface area (Å²) in [5, 5.41) is 3.18. The Morgan fingerprint density at radius 1 is 1.20 bits per heavy atom. The molecule has 0 saturated carbocycles. The van der Waals surface area contributed by atoms with Gasteiger partial charge in [0.2, 0.25) is 5.88 Å². The lowest BCUT2D eigenvalue weighted by molar-refractivity contribution is 0.462. The Balaban J connectivity index is 2.37. The maximum atomic E-state index is 6.03. The van der Waals surface area contributed by atoms with Crippen molar-refractivity contribution in [3.63, 3.8) is 0 Å². The van der Waals surface area contributed by atoms with Gasteiger partial charge in [-0.15, -0.1) is 0 Å². The summed E-state index contributed by atoms with van der Waals surface area (Å²) in [5.41, 5.74) is 2.66. The number of aliphatic imine (C=N–C) groups is 1. The van der Waals surface area contributed by atoms with E-state index in [1.165, 1.54) is 6.20 Å². The van der Waals surface area contributed by atoms with E-state index in [9.17, 15) is 0 Å². The molecule has 3 nitrogen and oxygen atoms in total. The molecule has 102 valence electrons. The number of rotatable bonds is 3. The zero-order chi connectivity index (χ0) is 14.7. The molecule has 0 radical (unpaired) electrons. The van der Waals surface area contributed by atoms with Gasteiger partial charge in [0.05, 0.1) is 15.9 Å². The highest BCUT2D eigenvalue weighted by Crippen LogP contribution is 2.33. The molecule has 6 heteroatoms. The van der Waals surface area contributed by atoms with Gasteiger partial charge < -0.3 is 4.74 Å². The molecule has 0 spiro atoms. The molecule has 2 rings (SSSR count). The molecule has 0 amide bonds. The van der Waals surface area contributed by atoms with E-state index in [1.54, 1.807) is 6.07 Å². The van der Waals surface area contributed by atoms with Crippen LogP contribution in [0.3, 0.4) is 0 Å². The van der Waals surface area contributed by atoms with E-state index in [1.807, 2.05) is 26.0 Å². The number of hydrogen-bond donors (Lipinski definition) is 0. The van der Waals surface area contributed by atoms with Crippen LogP contribution in [0.5, 0.6) is 11.6 Å². The van der Waals surface area contributed by atoms with Crippen LogP contribution in [0.1, 0.15) is 11.1 Å². The first-order valence-corrected chi connectivity index (χ1v) is 6.85. The summed E-state index contributed by atoms with van der Waals surface area (Å²) in [6.07, 6.45) is 1.48. The maximum absolute atomic E-state index is 6.03. The number of aromatic nitrogens is 1. The zero-order valence-corrected chi connectivity index (χ0v) is 13.1. The van der Waals surface area contributed by atoms with Crippen LogP contribution in [0.25, 0.3) is 0 Å². The molecule has 0 bridgehead atoms. The van der Waals surface area contributed by atoms with Gasteiger partial charge in [0.25, 0.3) is 0 Å². The average molecular weight is 325 g/mol. The minimum atomic E-state index is 0.306. The molecule has 0 aliphatic heterocycles. The molecule has 1 aromatic carbocycles. The SMILES string of the molecule is Cc1cc(Oc2ncc(Cl)cc2Cl)cc(C)c1N=C=S. The Bertz CT molecular complexity index is 689. The molecule has 0 N–H and O–H groups in total. The van der Waals surface area contributed by atoms with Crippen molar-refractivity contribution < 1.29 is 4.74 Å². The molecule has 2 aromatic rings. The lowest BCUT2D eigenvalue weighted by atomic mass is 10.1. The summed E-state index contributed by atoms with van der Waals surface area (Å²) in [5.74, 6) is 0.931. The van der Waals surface area contributed by atoms with Crippen molar-refractivity contribution in [3.8, 4) is 11.6 Å². The van der Waals surface area contributed by atoms with E-state index in [2.05, 4.69) is 27.4 Å². The second-order valence-electron chi connectivity index (χ2n) is 4.15. The van der Waals surface area contributed by atoms with Gasteiger partial charge in [-0.25, -0.2) is 4.98 Å². The molecule has 0 aliphatic rings. The lowest BCUT2D eigenvalue weighted by Gasteiger charge is -2.10. The molecule has 0 atom stereocenters. The van der Waals surface area contributed by atoms with Crippen molar-refractivity contribution in [2.24, 2.45) is 4.99 Å². The van der Waals surface area contributed by atoms with Crippen LogP contribution in [-0.2, 0) is 0 Å². The van der Waals surface area contributed by atoms with Crippen LogP contribution in [-0.4, -0.2) is 10.1 Å². The molecule has 1 heterocycles. The second kappa shape index (κ2) is 6.33. The van der Waals surface area contributed by atoms with Gasteiger partial charge in [-0.3, -0.25) is 0 Å². The standard InChI is InChI=1S/C14H10Cl2N2OS/c1-8-3-11(4-9(2)13(8)18-7-20)19-14-12(16)5-10(15)6-17-14/h3-6H,1-2H3. The Hall–Kier alpha value is -1.45. The summed E-state index contributed by atoms with van der Waals surface area (Å²) < 4.78 is 5.67. The quantitative estimate of drug-likeness (QED) is 0.549. The summed E-state index contributed by atoms with van der Waals surface area (Å²) in [4.78, 5) is 8.09. The summed E-state index contributed by atoms with van der Waals surface area (Å²) >= 11 is 16.5. The third kappa shape index (κ3) is 3.35. The molecule has 0 fully saturated rings. The minimum Gasteiger partial charge on any atom is -0.438 e. The molecular formula is C14H10Cl2N2OS. The van der Waals surface area contributed by atoms with E-state index in [4.69, 9.17) is 27.9 Å². The van der Waals surface area contributed by atoms with E-state index in [-0.39, 0.29) is 0 Å². The Morgan fingerprint density at radius 2 is 1.85 bits per heavy atom. The van der Waals surface area contributed by atoms with Crippen molar-refractivity contribution >= 4 is 46.3 Å². The Kier molecular flexibility index (Phi) is 4.73. The van der Waals surface area contributed by atoms with Gasteiger partial charge in [0.1, 0.15) is 10.8 Å². The largest absolute Gasteiger partial charge is 0.438 e. The average Bonchev–Trinajstić information content (AvgIpc) is 2.37. The fourth-order valence-corrected chi connectivity index (χ4v) is 2.30. The topological polar surface area (TPSA) is 34.5 Å². The maximum Gasteiger partial charge on any atom is 0.238 e. The number of hydrogen-bond acceptors (Lipinski definition) is 4. The zero-order valence-electron chi connectivity index (χ0n) is 10.8. The highest BCUT2D eigenvalue weighted by atomic mass is 35.5. The van der Waals surface area contributed by atoms with Crippen LogP contribution in [0.4, 0.5) is 5.69 Å². The molecule has 0 aliphatic carbocycles. The van der Waals surface area contributed by atoms with Crippen LogP contribution in [0.15, 0.2) is 29.4 Å². The first-order valence-electron chi connectivity index (χ1n) is 5.69. The van der Waals surface area contributed by atoms with E-state index in [0.717, 1.165) is 16.8 Å². The van der Waals surface area contributed by atoms with E-state index < -0.39 is 0 Å². The summed E-state index contributed by atoms with van der Waals surface area (Å²) in [7, 11) is 0. The first kappa shape index (κ1) is 14.9. The summed E-state index contributed by atoms with van der Waals surface area (Å²) in [6, 6.07) is 5.26. The van der Waals surface area contributed by atoms with Gasteiger partial charge in [0.15, 0.2) is 0 Å². The van der Waals surface area contributed by atoms with Gasteiger partial charge in [-0.2, -0.15) is 4.99 Å². The first-order chi connectivity index (χ1) is 9.51. The molecule has 1 aromatic heterocycles. The normalized spacial score (nSPS) is 10.0. The third-order valence-corrected chi connectivity index (χ3v) is 3.18. The Labute approximate surface area is 132 Å². The fourth-order valence-electron chi connectivity index (χ4n) is 1.79. The highest BCUT2D eigenvalue weighted by molar-refractivity contribution is 7.78. The number of halogens is 2. The monoisotopic (exact) mass is 324 g/mol. The number of nitrogens with zero attached hydrogens (tertiary/aromatic N) is 2. The van der Waals surface area contributed by atoms with Crippen LogP contribution < -0.4 is 4.74 Å². The van der Waals surface area contributed by atoms with Crippen molar-refractivity contribution in [2.45, 2.75) is 13.8 Å². The number of thiocarbonyl (C=S) groups is 1. The predicted octanol–water partition coefficient (Wildman–Crippen LogP) is 5.53. The number of aryl methyl sites for hydroxylation is 2. The number of ether oxygens (including phenoxy) is 1. The highest BCUT2D eigenvalue weighted by Gasteiger charge is 2.09. The molecule has 20 heavy (non-hydrogen) atoms. The number of benzene rings is 1. The predicted molar refractivity (Wildman–Crippen MR) is 84.9 cm³/mol. The minimum absolute atomic E-state index is 0.306. The van der Waals surface area contributed by atoms with Gasteiger partial charge in [0, 0.05) is 6.20 Å². The van der Waals surface area contributed by atoms with Crippen molar-refractivity contribution in [3.05, 3.63) is 45.6 Å². The molecule has 0 unspecified atom stereocenters. The van der Waals surface area contributed by atoms with Gasteiger partial charge >= 0.3 is 0 Å². The number of isothiocyanates is 1. The Morgan fingerprint density at radius 3 is 2.40 bits per heavy atom. The van der Waals surface area contributed by atoms with E-state index in [0.29, 0.717) is 21.7 Å². The van der Waals surface area contributed by atoms with Crippen LogP contribution >= 0.6 is 35.4 Å². The second-order valence-corrected chi connectivity index (χ2v) is 5.18. The molecular weight excluding hydrogens is 315 g/mol. The van der Waals surface area contributed by atoms with Crippen molar-refractivity contribution in [2.75, 3.05) is 0 Å². The van der Waals surface area contributed by atoms with Gasteiger partial charge in [-0.05, 0) is 55.4 Å². The lowest BCUT2D eigenvalue weighted by Crippen LogP contribution is -1.91. The van der Waals surface area contributed by atoms with Crippen LogP contribution in [0.2, 0.25) is 10.0 Å². The van der Waals surface area contributed by atoms with Crippen LogP contribution in [0, 0.1) is 13.8 Å². The van der Waals surface area contributed by atoms with Crippen molar-refractivity contribution in [1.29, 1.82) is 0 Å². The fraction of sp³-hybridized carbons (Fsp3) is 0.143. The van der Waals surface area contributed by atoms with E-state index >= 15 is 0 Å². The summed E-state index contributed by atoms with van der Waals surface area (Å²) in [6.45, 7) is 3.84. The third-order valence-electron chi connectivity index (χ3n) is 2.61. The molecule has 0 saturated heterocycles. The smallest absolute Gasteiger partial charge is 0.238 e. The van der Waals surface area contributed by atoms with Crippen molar-refractivity contribution in [1.82, 2.24) is 4.98 Å².